The molecule has 1 aliphatic rings. The van der Waals surface area contributed by atoms with Gasteiger partial charge in [-0.05, 0) is 64.9 Å². The van der Waals surface area contributed by atoms with Gasteiger partial charge in [-0.3, -0.25) is 19.4 Å². The van der Waals surface area contributed by atoms with Gasteiger partial charge in [-0.25, -0.2) is 0 Å². The molecule has 0 saturated heterocycles. The molecule has 206 valence electrons. The molecule has 1 aliphatic heterocycles. The summed E-state index contributed by atoms with van der Waals surface area (Å²) in [6.45, 7) is 4.56. The number of hydrogen-bond donors (Lipinski definition) is 3. The predicted octanol–water partition coefficient (Wildman–Crippen LogP) is 5.60. The number of carbonyl (C=O) groups is 2. The molecule has 0 unspecified atom stereocenters. The van der Waals surface area contributed by atoms with Crippen molar-refractivity contribution in [2.24, 2.45) is 0 Å². The second-order valence-corrected chi connectivity index (χ2v) is 11.2. The van der Waals surface area contributed by atoms with Gasteiger partial charge in [0, 0.05) is 24.1 Å². The van der Waals surface area contributed by atoms with Crippen LogP contribution in [0.15, 0.2) is 65.5 Å². The third kappa shape index (κ3) is 5.65. The number of rotatable bonds is 8. The predicted molar refractivity (Wildman–Crippen MR) is 157 cm³/mol. The van der Waals surface area contributed by atoms with Gasteiger partial charge < -0.3 is 20.1 Å². The highest BCUT2D eigenvalue weighted by Gasteiger charge is 2.30. The molecule has 9 heteroatoms. The van der Waals surface area contributed by atoms with Crippen molar-refractivity contribution in [3.63, 3.8) is 0 Å². The summed E-state index contributed by atoms with van der Waals surface area (Å²) in [6.07, 6.45) is 1.24. The maximum Gasteiger partial charge on any atom is 0.307 e. The molecule has 1 aromatic heterocycles. The third-order valence-electron chi connectivity index (χ3n) is 7.17. The molecular weight excluding hydrogens is 526 g/mol. The zero-order valence-electron chi connectivity index (χ0n) is 22.6. The molecule has 0 aliphatic carbocycles. The molecule has 4 aromatic rings. The fraction of sp³-hybridized carbons (Fsp3) is 0.258. The van der Waals surface area contributed by atoms with Gasteiger partial charge in [0.15, 0.2) is 0 Å². The largest absolute Gasteiger partial charge is 0.495 e. The summed E-state index contributed by atoms with van der Waals surface area (Å²) in [4.78, 5) is 42.0. The first-order chi connectivity index (χ1) is 19.2. The van der Waals surface area contributed by atoms with E-state index in [2.05, 4.69) is 24.1 Å². The van der Waals surface area contributed by atoms with Crippen LogP contribution in [0.2, 0.25) is 0 Å². The molecule has 0 fully saturated rings. The zero-order valence-corrected chi connectivity index (χ0v) is 23.4. The van der Waals surface area contributed by atoms with Gasteiger partial charge in [0.05, 0.1) is 24.2 Å². The summed E-state index contributed by atoms with van der Waals surface area (Å²) < 4.78 is 5.64. The number of H-pyrrole nitrogens is 1. The lowest BCUT2D eigenvalue weighted by molar-refractivity contribution is -0.119. The standard InChI is InChI=1S/C31H31N3O5S/c1-18(2)20-8-11-23(12-9-20)32-29(36)21-6-4-19(5-7-21)17-34-27(35)15-13-24-22(10-14-25(39-3)28(24)34)16-26-30(37)33-31(38)40-26/h4-12,14,18,37H,13,15-17H2,1-3H3,(H,32,36)(H,33,38). The Kier molecular flexibility index (Phi) is 7.75. The van der Waals surface area contributed by atoms with Crippen LogP contribution in [0, 0.1) is 0 Å². The monoisotopic (exact) mass is 557 g/mol. The number of hydrogen-bond acceptors (Lipinski definition) is 6. The van der Waals surface area contributed by atoms with Gasteiger partial charge in [0.1, 0.15) is 5.75 Å². The highest BCUT2D eigenvalue weighted by molar-refractivity contribution is 7.09. The second-order valence-electron chi connectivity index (χ2n) is 10.1. The highest BCUT2D eigenvalue weighted by Crippen LogP contribution is 2.41. The van der Waals surface area contributed by atoms with Crippen LogP contribution in [0.3, 0.4) is 0 Å². The number of thiazole rings is 1. The first kappa shape index (κ1) is 27.2. The molecule has 3 aromatic carbocycles. The Morgan fingerprint density at radius 3 is 2.40 bits per heavy atom. The number of aromatic nitrogens is 1. The molecule has 2 heterocycles. The van der Waals surface area contributed by atoms with E-state index in [1.807, 2.05) is 48.5 Å². The SMILES string of the molecule is COc1ccc(Cc2sc(=O)[nH]c2O)c2c1N(Cc1ccc(C(=O)Nc3ccc(C(C)C)cc3)cc1)C(=O)CC2. The normalized spacial score (nSPS) is 12.9. The Hall–Kier alpha value is -4.37. The minimum atomic E-state index is -0.312. The van der Waals surface area contributed by atoms with E-state index in [-0.39, 0.29) is 22.6 Å². The molecule has 3 N–H and O–H groups in total. The summed E-state index contributed by atoms with van der Waals surface area (Å²) in [5.41, 5.74) is 5.91. The number of amides is 2. The Morgan fingerprint density at radius 2 is 1.77 bits per heavy atom. The van der Waals surface area contributed by atoms with E-state index in [9.17, 15) is 19.5 Å². The quantitative estimate of drug-likeness (QED) is 0.261. The minimum absolute atomic E-state index is 0.0243. The second kappa shape index (κ2) is 11.4. The van der Waals surface area contributed by atoms with E-state index >= 15 is 0 Å². The third-order valence-corrected chi connectivity index (χ3v) is 8.04. The number of benzene rings is 3. The maximum atomic E-state index is 13.1. The van der Waals surface area contributed by atoms with Crippen molar-refractivity contribution >= 4 is 34.5 Å². The van der Waals surface area contributed by atoms with Gasteiger partial charge in [0.2, 0.25) is 11.8 Å². The topological polar surface area (TPSA) is 112 Å². The average Bonchev–Trinajstić information content (AvgIpc) is 3.26. The number of aromatic hydroxyl groups is 1. The average molecular weight is 558 g/mol. The fourth-order valence-corrected chi connectivity index (χ4v) is 5.71. The van der Waals surface area contributed by atoms with Crippen molar-refractivity contribution in [3.8, 4) is 11.6 Å². The number of nitrogens with zero attached hydrogens (tertiary/aromatic N) is 1. The van der Waals surface area contributed by atoms with Crippen LogP contribution in [-0.4, -0.2) is 29.0 Å². The smallest absolute Gasteiger partial charge is 0.307 e. The van der Waals surface area contributed by atoms with Crippen LogP contribution < -0.4 is 19.8 Å². The van der Waals surface area contributed by atoms with E-state index in [0.29, 0.717) is 53.6 Å². The minimum Gasteiger partial charge on any atom is -0.495 e. The number of methoxy groups -OCH3 is 1. The van der Waals surface area contributed by atoms with Crippen molar-refractivity contribution in [2.75, 3.05) is 17.3 Å². The van der Waals surface area contributed by atoms with Gasteiger partial charge in [-0.1, -0.05) is 55.5 Å². The van der Waals surface area contributed by atoms with Crippen LogP contribution >= 0.6 is 11.3 Å². The van der Waals surface area contributed by atoms with Crippen molar-refractivity contribution in [2.45, 2.75) is 45.6 Å². The fourth-order valence-electron chi connectivity index (χ4n) is 4.96. The van der Waals surface area contributed by atoms with Crippen LogP contribution in [0.25, 0.3) is 0 Å². The lowest BCUT2D eigenvalue weighted by atomic mass is 9.92. The van der Waals surface area contributed by atoms with E-state index < -0.39 is 0 Å². The molecule has 0 spiro atoms. The molecule has 0 atom stereocenters. The molecular formula is C31H31N3O5S. The zero-order chi connectivity index (χ0) is 28.4. The number of carbonyl (C=O) groups excluding carboxylic acids is 2. The van der Waals surface area contributed by atoms with E-state index in [4.69, 9.17) is 4.74 Å². The highest BCUT2D eigenvalue weighted by atomic mass is 32.1. The van der Waals surface area contributed by atoms with E-state index in [0.717, 1.165) is 33.7 Å². The first-order valence-corrected chi connectivity index (χ1v) is 14.0. The van der Waals surface area contributed by atoms with Crippen molar-refractivity contribution in [1.82, 2.24) is 4.98 Å². The Morgan fingerprint density at radius 1 is 1.05 bits per heavy atom. The van der Waals surface area contributed by atoms with Crippen LogP contribution in [-0.2, 0) is 24.2 Å². The summed E-state index contributed by atoms with van der Waals surface area (Å²) >= 11 is 0.974. The Balaban J connectivity index is 1.36. The Bertz CT molecular complexity index is 1600. The number of aromatic amines is 1. The van der Waals surface area contributed by atoms with E-state index in [1.54, 1.807) is 24.1 Å². The number of anilines is 2. The van der Waals surface area contributed by atoms with Crippen molar-refractivity contribution < 1.29 is 19.4 Å². The lowest BCUT2D eigenvalue weighted by Crippen LogP contribution is -2.35. The van der Waals surface area contributed by atoms with Crippen molar-refractivity contribution in [1.29, 1.82) is 0 Å². The number of ether oxygens (including phenoxy) is 1. The van der Waals surface area contributed by atoms with Gasteiger partial charge in [-0.15, -0.1) is 0 Å². The van der Waals surface area contributed by atoms with Crippen LogP contribution in [0.1, 0.15) is 63.7 Å². The molecule has 0 saturated carbocycles. The van der Waals surface area contributed by atoms with Crippen LogP contribution in [0.5, 0.6) is 11.6 Å². The molecule has 0 bridgehead atoms. The van der Waals surface area contributed by atoms with Gasteiger partial charge >= 0.3 is 4.87 Å². The first-order valence-electron chi connectivity index (χ1n) is 13.1. The maximum absolute atomic E-state index is 13.1. The number of fused-ring (bicyclic) bond motifs is 1. The summed E-state index contributed by atoms with van der Waals surface area (Å²) in [5, 5.41) is 13.0. The summed E-state index contributed by atoms with van der Waals surface area (Å²) in [7, 11) is 1.57. The van der Waals surface area contributed by atoms with Crippen LogP contribution in [0.4, 0.5) is 11.4 Å². The van der Waals surface area contributed by atoms with Gasteiger partial charge in [-0.2, -0.15) is 0 Å². The molecule has 2 amide bonds. The van der Waals surface area contributed by atoms with Crippen molar-refractivity contribution in [3.05, 3.63) is 103 Å². The summed E-state index contributed by atoms with van der Waals surface area (Å²) in [5.74, 6) is 0.647. The number of nitrogens with one attached hydrogen (secondary N) is 2. The Labute approximate surface area is 236 Å². The molecule has 5 rings (SSSR count). The van der Waals surface area contributed by atoms with E-state index in [1.165, 1.54) is 5.56 Å². The lowest BCUT2D eigenvalue weighted by Gasteiger charge is -2.32. The summed E-state index contributed by atoms with van der Waals surface area (Å²) in [6, 6.07) is 18.8. The molecule has 40 heavy (non-hydrogen) atoms. The molecule has 8 nitrogen and oxygen atoms in total. The van der Waals surface area contributed by atoms with Gasteiger partial charge in [0.25, 0.3) is 5.91 Å². The molecule has 0 radical (unpaired) electrons.